The minimum absolute atomic E-state index is 1.22. The van der Waals surface area contributed by atoms with Crippen molar-refractivity contribution in [2.75, 3.05) is 0 Å². The molecule has 0 atom stereocenters. The normalized spacial score (nSPS) is 11.7. The van der Waals surface area contributed by atoms with Crippen molar-refractivity contribution in [2.45, 2.75) is 0 Å². The fraction of sp³-hybridized carbons (Fsp3) is 0. The number of hydrogen-bond acceptors (Lipinski definition) is 0. The van der Waals surface area contributed by atoms with Gasteiger partial charge in [0.05, 0.1) is 0 Å². The Morgan fingerprint density at radius 1 is 0.185 bits per heavy atom. The van der Waals surface area contributed by atoms with Crippen molar-refractivity contribution in [1.29, 1.82) is 0 Å². The molecule has 11 aromatic carbocycles. The third-order valence-electron chi connectivity index (χ3n) is 11.4. The topological polar surface area (TPSA) is 0 Å². The Bertz CT molecular complexity index is 3240. The second kappa shape index (κ2) is 12.3. The largest absolute Gasteiger partial charge is 0.0622 e. The summed E-state index contributed by atoms with van der Waals surface area (Å²) in [6.45, 7) is 0. The van der Waals surface area contributed by atoms with Gasteiger partial charge < -0.3 is 0 Å². The monoisotopic (exact) mass is 682 g/mol. The Labute approximate surface area is 314 Å². The first kappa shape index (κ1) is 30.6. The summed E-state index contributed by atoms with van der Waals surface area (Å²) in [5.74, 6) is 0. The maximum Gasteiger partial charge on any atom is -0.00201 e. The van der Waals surface area contributed by atoms with Gasteiger partial charge in [0.1, 0.15) is 0 Å². The van der Waals surface area contributed by atoms with Crippen LogP contribution in [0, 0.1) is 0 Å². The molecule has 0 fully saturated rings. The molecule has 11 aromatic rings. The molecule has 0 amide bonds. The van der Waals surface area contributed by atoms with Gasteiger partial charge in [-0.25, -0.2) is 0 Å². The molecule has 0 heterocycles. The van der Waals surface area contributed by atoms with E-state index in [0.717, 1.165) is 0 Å². The molecule has 0 aliphatic heterocycles. The number of benzene rings is 11. The van der Waals surface area contributed by atoms with Crippen molar-refractivity contribution in [3.05, 3.63) is 206 Å². The Balaban J connectivity index is 1.19. The van der Waals surface area contributed by atoms with E-state index in [-0.39, 0.29) is 0 Å². The van der Waals surface area contributed by atoms with Crippen LogP contribution in [-0.4, -0.2) is 0 Å². The van der Waals surface area contributed by atoms with Gasteiger partial charge in [-0.3, -0.25) is 0 Å². The van der Waals surface area contributed by atoms with Crippen LogP contribution in [0.25, 0.3) is 109 Å². The van der Waals surface area contributed by atoms with Crippen LogP contribution in [-0.2, 0) is 0 Å². The van der Waals surface area contributed by atoms with Crippen LogP contribution in [0.1, 0.15) is 0 Å². The lowest BCUT2D eigenvalue weighted by Gasteiger charge is -2.20. The van der Waals surface area contributed by atoms with E-state index in [1.54, 1.807) is 0 Å². The molecule has 0 unspecified atom stereocenters. The first-order valence-electron chi connectivity index (χ1n) is 18.8. The predicted octanol–water partition coefficient (Wildman–Crippen LogP) is 15.3. The second-order valence-electron chi connectivity index (χ2n) is 14.4. The molecule has 0 heteroatoms. The summed E-state index contributed by atoms with van der Waals surface area (Å²) < 4.78 is 0. The first-order valence-corrected chi connectivity index (χ1v) is 18.8. The van der Waals surface area contributed by atoms with Crippen molar-refractivity contribution in [3.8, 4) is 44.5 Å². The summed E-state index contributed by atoms with van der Waals surface area (Å²) in [5, 5.41) is 15.2. The fourth-order valence-electron chi connectivity index (χ4n) is 8.97. The van der Waals surface area contributed by atoms with Crippen LogP contribution in [0.4, 0.5) is 0 Å². The fourth-order valence-corrected chi connectivity index (χ4v) is 8.97. The van der Waals surface area contributed by atoms with Gasteiger partial charge in [0.15, 0.2) is 0 Å². The smallest absolute Gasteiger partial charge is 0.00201 e. The Morgan fingerprint density at radius 3 is 1.41 bits per heavy atom. The highest BCUT2D eigenvalue weighted by molar-refractivity contribution is 6.25. The third-order valence-corrected chi connectivity index (χ3v) is 11.4. The predicted molar refractivity (Wildman–Crippen MR) is 233 cm³/mol. The molecule has 0 aliphatic carbocycles. The van der Waals surface area contributed by atoms with Gasteiger partial charge in [-0.05, 0) is 127 Å². The average molecular weight is 683 g/mol. The van der Waals surface area contributed by atoms with E-state index in [0.29, 0.717) is 0 Å². The summed E-state index contributed by atoms with van der Waals surface area (Å²) in [6.07, 6.45) is 0. The summed E-state index contributed by atoms with van der Waals surface area (Å²) in [6, 6.07) is 76.1. The lowest BCUT2D eigenvalue weighted by molar-refractivity contribution is 1.63. The molecule has 0 saturated carbocycles. The maximum absolute atomic E-state index is 2.41. The SMILES string of the molecule is c1ccc(-c2ccc3c(-c4cccc5c(-c6cccc7c6ccc6cc8ccccc8cc67)cccc45)c4ccccc4c(-c4ccccc4)c3c2)cc1. The highest BCUT2D eigenvalue weighted by atomic mass is 14.2. The van der Waals surface area contributed by atoms with Gasteiger partial charge in [-0.2, -0.15) is 0 Å². The number of hydrogen-bond donors (Lipinski definition) is 0. The Kier molecular flexibility index (Phi) is 6.97. The average Bonchev–Trinajstić information content (AvgIpc) is 3.24. The van der Waals surface area contributed by atoms with E-state index in [1.807, 2.05) is 0 Å². The van der Waals surface area contributed by atoms with Crippen LogP contribution in [0.2, 0.25) is 0 Å². The molecule has 0 N–H and O–H groups in total. The van der Waals surface area contributed by atoms with E-state index in [9.17, 15) is 0 Å². The number of fused-ring (bicyclic) bond motifs is 7. The van der Waals surface area contributed by atoms with E-state index in [1.165, 1.54) is 109 Å². The molecule has 0 aliphatic rings. The van der Waals surface area contributed by atoms with Crippen LogP contribution in [0.5, 0.6) is 0 Å². The van der Waals surface area contributed by atoms with Crippen molar-refractivity contribution in [1.82, 2.24) is 0 Å². The molecule has 0 nitrogen and oxygen atoms in total. The van der Waals surface area contributed by atoms with Gasteiger partial charge >= 0.3 is 0 Å². The molecule has 0 saturated heterocycles. The van der Waals surface area contributed by atoms with Crippen molar-refractivity contribution >= 4 is 64.6 Å². The van der Waals surface area contributed by atoms with Crippen LogP contribution < -0.4 is 0 Å². The van der Waals surface area contributed by atoms with Crippen LogP contribution in [0.3, 0.4) is 0 Å². The third kappa shape index (κ3) is 4.78. The van der Waals surface area contributed by atoms with Crippen molar-refractivity contribution in [3.63, 3.8) is 0 Å². The molecule has 54 heavy (non-hydrogen) atoms. The standard InChI is InChI=1S/C54H34/c1-3-14-35(15-4-1)39-28-31-50-52(34-39)53(36-16-5-2-6-17-36)48-20-9-10-21-49(48)54(50)47-27-13-24-42-41(22-11-25-44(42)47)43-23-12-26-45-46(43)30-29-40-32-37-18-7-8-19-38(37)33-51(40)45/h1-34H. The van der Waals surface area contributed by atoms with Gasteiger partial charge in [-0.1, -0.05) is 188 Å². The summed E-state index contributed by atoms with van der Waals surface area (Å²) in [7, 11) is 0. The van der Waals surface area contributed by atoms with Crippen LogP contribution >= 0.6 is 0 Å². The maximum atomic E-state index is 2.41. The second-order valence-corrected chi connectivity index (χ2v) is 14.4. The highest BCUT2D eigenvalue weighted by Crippen LogP contribution is 2.47. The minimum Gasteiger partial charge on any atom is -0.0622 e. The van der Waals surface area contributed by atoms with Gasteiger partial charge in [0, 0.05) is 0 Å². The molecule has 11 rings (SSSR count). The highest BCUT2D eigenvalue weighted by Gasteiger charge is 2.20. The van der Waals surface area contributed by atoms with E-state index < -0.39 is 0 Å². The molecule has 250 valence electrons. The minimum atomic E-state index is 1.22. The summed E-state index contributed by atoms with van der Waals surface area (Å²) in [4.78, 5) is 0. The zero-order valence-electron chi connectivity index (χ0n) is 29.6. The van der Waals surface area contributed by atoms with Gasteiger partial charge in [0.2, 0.25) is 0 Å². The van der Waals surface area contributed by atoms with E-state index >= 15 is 0 Å². The Morgan fingerprint density at radius 2 is 0.685 bits per heavy atom. The zero-order valence-corrected chi connectivity index (χ0v) is 29.6. The summed E-state index contributed by atoms with van der Waals surface area (Å²) >= 11 is 0. The quantitative estimate of drug-likeness (QED) is 0.128. The van der Waals surface area contributed by atoms with Crippen LogP contribution in [0.15, 0.2) is 206 Å². The zero-order chi connectivity index (χ0) is 35.6. The lowest BCUT2D eigenvalue weighted by atomic mass is 9.83. The molecule has 0 aromatic heterocycles. The van der Waals surface area contributed by atoms with E-state index in [4.69, 9.17) is 0 Å². The van der Waals surface area contributed by atoms with Gasteiger partial charge in [-0.15, -0.1) is 0 Å². The van der Waals surface area contributed by atoms with E-state index in [2.05, 4.69) is 206 Å². The Hall–Kier alpha value is -7.02. The van der Waals surface area contributed by atoms with Crippen molar-refractivity contribution < 1.29 is 0 Å². The van der Waals surface area contributed by atoms with Gasteiger partial charge in [0.25, 0.3) is 0 Å². The molecule has 0 bridgehead atoms. The first-order chi connectivity index (χ1) is 26.8. The molecule has 0 spiro atoms. The number of rotatable bonds is 4. The molecule has 0 radical (unpaired) electrons. The summed E-state index contributed by atoms with van der Waals surface area (Å²) in [5.41, 5.74) is 9.98. The molecular formula is C54H34. The molecular weight excluding hydrogens is 649 g/mol. The van der Waals surface area contributed by atoms with Crippen molar-refractivity contribution in [2.24, 2.45) is 0 Å². The lowest BCUT2D eigenvalue weighted by Crippen LogP contribution is -1.93.